The van der Waals surface area contributed by atoms with Crippen LogP contribution in [0.15, 0.2) is 23.8 Å². The first-order valence-electron chi connectivity index (χ1n) is 6.34. The molecule has 2 bridgehead atoms. The fraction of sp³-hybridized carbons (Fsp3) is 0.714. The zero-order valence-corrected chi connectivity index (χ0v) is 10.4. The van der Waals surface area contributed by atoms with Crippen LogP contribution < -0.4 is 0 Å². The van der Waals surface area contributed by atoms with E-state index in [2.05, 4.69) is 25.2 Å². The Bertz CT molecular complexity index is 293. The maximum Gasteiger partial charge on any atom is 0.109 e. The number of rotatable bonds is 4. The molecule has 0 saturated heterocycles. The average molecular weight is 222 g/mol. The van der Waals surface area contributed by atoms with E-state index in [1.165, 1.54) is 24.8 Å². The second kappa shape index (κ2) is 5.15. The molecule has 3 rings (SSSR count). The monoisotopic (exact) mass is 222 g/mol. The van der Waals surface area contributed by atoms with Gasteiger partial charge in [0.05, 0.1) is 6.61 Å². The number of allylic oxidation sites excluding steroid dienone is 2. The van der Waals surface area contributed by atoms with Gasteiger partial charge in [-0.25, -0.2) is 0 Å². The standard InChI is InChI=1S/C14H22O2/c1-3-16-14-8-5-4-6-12(7-9-14)10-13(14)11-15-2/h7,9-10,12H,3-6,8,11H2,1-2H3/t12-,14-/m1/s1. The highest BCUT2D eigenvalue weighted by molar-refractivity contribution is 5.33. The topological polar surface area (TPSA) is 18.5 Å². The largest absolute Gasteiger partial charge is 0.380 e. The van der Waals surface area contributed by atoms with Crippen LogP contribution in [0.3, 0.4) is 0 Å². The van der Waals surface area contributed by atoms with Crippen LogP contribution in [-0.2, 0) is 9.47 Å². The molecule has 2 heteroatoms. The molecule has 3 aliphatic rings. The Labute approximate surface area is 98.3 Å². The van der Waals surface area contributed by atoms with Crippen LogP contribution in [0.5, 0.6) is 0 Å². The van der Waals surface area contributed by atoms with E-state index in [1.807, 2.05) is 0 Å². The molecule has 2 atom stereocenters. The zero-order chi connectivity index (χ0) is 11.4. The molecule has 0 aromatic carbocycles. The molecule has 0 radical (unpaired) electrons. The van der Waals surface area contributed by atoms with Gasteiger partial charge in [0.15, 0.2) is 0 Å². The third kappa shape index (κ3) is 2.23. The van der Waals surface area contributed by atoms with Crippen LogP contribution >= 0.6 is 0 Å². The van der Waals surface area contributed by atoms with Crippen molar-refractivity contribution in [3.05, 3.63) is 23.8 Å². The predicted molar refractivity (Wildman–Crippen MR) is 65.4 cm³/mol. The Balaban J connectivity index is 2.27. The quantitative estimate of drug-likeness (QED) is 0.680. The minimum Gasteiger partial charge on any atom is -0.380 e. The van der Waals surface area contributed by atoms with Crippen molar-refractivity contribution in [2.45, 2.75) is 38.2 Å². The van der Waals surface area contributed by atoms with Gasteiger partial charge in [-0.1, -0.05) is 24.6 Å². The second-order valence-corrected chi connectivity index (χ2v) is 4.72. The molecular formula is C14H22O2. The number of ether oxygens (including phenoxy) is 2. The van der Waals surface area contributed by atoms with Crippen molar-refractivity contribution < 1.29 is 9.47 Å². The lowest BCUT2D eigenvalue weighted by Gasteiger charge is -2.38. The Kier molecular flexibility index (Phi) is 3.82. The molecule has 0 fully saturated rings. The van der Waals surface area contributed by atoms with Crippen LogP contribution in [0, 0.1) is 5.92 Å². The van der Waals surface area contributed by atoms with Gasteiger partial charge >= 0.3 is 0 Å². The maximum atomic E-state index is 6.02. The predicted octanol–water partition coefficient (Wildman–Crippen LogP) is 3.09. The molecule has 0 amide bonds. The van der Waals surface area contributed by atoms with Gasteiger partial charge in [0.1, 0.15) is 5.60 Å². The molecule has 0 heterocycles. The highest BCUT2D eigenvalue weighted by atomic mass is 16.5. The Hall–Kier alpha value is -0.600. The molecule has 0 saturated carbocycles. The summed E-state index contributed by atoms with van der Waals surface area (Å²) in [4.78, 5) is 0. The maximum absolute atomic E-state index is 6.02. The lowest BCUT2D eigenvalue weighted by molar-refractivity contribution is 0.00494. The van der Waals surface area contributed by atoms with Crippen LogP contribution in [0.4, 0.5) is 0 Å². The van der Waals surface area contributed by atoms with Crippen molar-refractivity contribution in [3.8, 4) is 0 Å². The molecule has 0 aliphatic heterocycles. The van der Waals surface area contributed by atoms with Crippen molar-refractivity contribution in [3.63, 3.8) is 0 Å². The van der Waals surface area contributed by atoms with Gasteiger partial charge in [-0.15, -0.1) is 0 Å². The summed E-state index contributed by atoms with van der Waals surface area (Å²) in [5.41, 5.74) is 1.16. The number of methoxy groups -OCH3 is 1. The molecule has 0 N–H and O–H groups in total. The van der Waals surface area contributed by atoms with Gasteiger partial charge in [-0.2, -0.15) is 0 Å². The van der Waals surface area contributed by atoms with E-state index in [9.17, 15) is 0 Å². The highest BCUT2D eigenvalue weighted by Gasteiger charge is 2.36. The summed E-state index contributed by atoms with van der Waals surface area (Å²) in [6.45, 7) is 3.52. The van der Waals surface area contributed by atoms with Gasteiger partial charge in [0.25, 0.3) is 0 Å². The third-order valence-corrected chi connectivity index (χ3v) is 3.61. The molecule has 0 aromatic rings. The van der Waals surface area contributed by atoms with Crippen molar-refractivity contribution >= 4 is 0 Å². The van der Waals surface area contributed by atoms with Crippen molar-refractivity contribution in [2.75, 3.05) is 20.3 Å². The van der Waals surface area contributed by atoms with E-state index in [0.717, 1.165) is 13.0 Å². The van der Waals surface area contributed by atoms with Crippen molar-refractivity contribution in [1.82, 2.24) is 0 Å². The molecule has 0 spiro atoms. The highest BCUT2D eigenvalue weighted by Crippen LogP contribution is 2.38. The fourth-order valence-electron chi connectivity index (χ4n) is 2.83. The number of hydrogen-bond donors (Lipinski definition) is 0. The van der Waals surface area contributed by atoms with Gasteiger partial charge in [-0.3, -0.25) is 0 Å². The minimum absolute atomic E-state index is 0.165. The summed E-state index contributed by atoms with van der Waals surface area (Å²) in [6.07, 6.45) is 11.9. The molecule has 0 aromatic heterocycles. The third-order valence-electron chi connectivity index (χ3n) is 3.61. The summed E-state index contributed by atoms with van der Waals surface area (Å²) >= 11 is 0. The van der Waals surface area contributed by atoms with Gasteiger partial charge in [0.2, 0.25) is 0 Å². The fourth-order valence-corrected chi connectivity index (χ4v) is 2.83. The van der Waals surface area contributed by atoms with Crippen LogP contribution in [0.1, 0.15) is 32.6 Å². The van der Waals surface area contributed by atoms with Crippen molar-refractivity contribution in [1.29, 1.82) is 0 Å². The summed E-state index contributed by atoms with van der Waals surface area (Å²) in [5, 5.41) is 0. The first kappa shape index (κ1) is 11.9. The summed E-state index contributed by atoms with van der Waals surface area (Å²) in [5.74, 6) is 0.596. The molecule has 3 aliphatic carbocycles. The molecule has 0 unspecified atom stereocenters. The van der Waals surface area contributed by atoms with Crippen LogP contribution in [0.2, 0.25) is 0 Å². The van der Waals surface area contributed by atoms with Gasteiger partial charge in [-0.05, 0) is 37.7 Å². The lowest BCUT2D eigenvalue weighted by atomic mass is 9.77. The molecule has 16 heavy (non-hydrogen) atoms. The van der Waals surface area contributed by atoms with Gasteiger partial charge < -0.3 is 9.47 Å². The molecule has 90 valence electrons. The van der Waals surface area contributed by atoms with E-state index in [-0.39, 0.29) is 5.60 Å². The molecule has 2 nitrogen and oxygen atoms in total. The lowest BCUT2D eigenvalue weighted by Crippen LogP contribution is -2.38. The number of fused-ring (bicyclic) bond motifs is 3. The Morgan fingerprint density at radius 2 is 2.31 bits per heavy atom. The van der Waals surface area contributed by atoms with Crippen molar-refractivity contribution in [2.24, 2.45) is 5.92 Å². The second-order valence-electron chi connectivity index (χ2n) is 4.72. The van der Waals surface area contributed by atoms with Gasteiger partial charge in [0, 0.05) is 13.7 Å². The van der Waals surface area contributed by atoms with E-state index in [4.69, 9.17) is 9.47 Å². The van der Waals surface area contributed by atoms with E-state index < -0.39 is 0 Å². The SMILES string of the molecule is CCO[C@]12C=C[C@H](C=C1COC)CCCC2. The smallest absolute Gasteiger partial charge is 0.109 e. The summed E-state index contributed by atoms with van der Waals surface area (Å²) < 4.78 is 11.3. The Morgan fingerprint density at radius 1 is 1.44 bits per heavy atom. The van der Waals surface area contributed by atoms with E-state index in [1.54, 1.807) is 7.11 Å². The first-order valence-corrected chi connectivity index (χ1v) is 6.34. The van der Waals surface area contributed by atoms with Crippen LogP contribution in [0.25, 0.3) is 0 Å². The Morgan fingerprint density at radius 3 is 3.06 bits per heavy atom. The minimum atomic E-state index is -0.165. The summed E-state index contributed by atoms with van der Waals surface area (Å²) in [7, 11) is 1.76. The molecular weight excluding hydrogens is 200 g/mol. The zero-order valence-electron chi connectivity index (χ0n) is 10.4. The number of hydrogen-bond acceptors (Lipinski definition) is 2. The van der Waals surface area contributed by atoms with E-state index >= 15 is 0 Å². The summed E-state index contributed by atoms with van der Waals surface area (Å²) in [6, 6.07) is 0. The normalized spacial score (nSPS) is 33.4. The average Bonchev–Trinajstić information content (AvgIpc) is 2.25. The first-order chi connectivity index (χ1) is 7.80. The van der Waals surface area contributed by atoms with E-state index in [0.29, 0.717) is 12.5 Å². The van der Waals surface area contributed by atoms with Crippen LogP contribution in [-0.4, -0.2) is 25.9 Å².